The van der Waals surface area contributed by atoms with Gasteiger partial charge in [0.15, 0.2) is 5.96 Å². The molecule has 4 nitrogen and oxygen atoms in total. The number of aliphatic hydroxyl groups is 1. The summed E-state index contributed by atoms with van der Waals surface area (Å²) in [6.07, 6.45) is 0. The summed E-state index contributed by atoms with van der Waals surface area (Å²) in [5.74, 6) is -1.35. The Balaban J connectivity index is 2.87. The SMILES string of the molecule is CC(C)(C)NC(N)=NCC(C)(O)c1ccc(F)cc1F. The monoisotopic (exact) mass is 285 g/mol. The van der Waals surface area contributed by atoms with Gasteiger partial charge in [0.2, 0.25) is 0 Å². The van der Waals surface area contributed by atoms with Crippen molar-refractivity contribution < 1.29 is 13.9 Å². The zero-order chi connectivity index (χ0) is 15.6. The summed E-state index contributed by atoms with van der Waals surface area (Å²) >= 11 is 0. The fraction of sp³-hybridized carbons (Fsp3) is 0.500. The van der Waals surface area contributed by atoms with Crippen LogP contribution < -0.4 is 11.1 Å². The van der Waals surface area contributed by atoms with E-state index in [9.17, 15) is 13.9 Å². The lowest BCUT2D eigenvalue weighted by Crippen LogP contribution is -2.45. The molecule has 1 aromatic rings. The highest BCUT2D eigenvalue weighted by Gasteiger charge is 2.27. The van der Waals surface area contributed by atoms with E-state index in [1.54, 1.807) is 0 Å². The zero-order valence-electron chi connectivity index (χ0n) is 12.2. The highest BCUT2D eigenvalue weighted by Crippen LogP contribution is 2.24. The van der Waals surface area contributed by atoms with Crippen molar-refractivity contribution in [3.63, 3.8) is 0 Å². The maximum absolute atomic E-state index is 13.6. The third-order valence-electron chi connectivity index (χ3n) is 2.57. The summed E-state index contributed by atoms with van der Waals surface area (Å²) in [5.41, 5.74) is 3.83. The average Bonchev–Trinajstić information content (AvgIpc) is 2.23. The van der Waals surface area contributed by atoms with E-state index in [1.807, 2.05) is 20.8 Å². The minimum absolute atomic E-state index is 0.0220. The van der Waals surface area contributed by atoms with Gasteiger partial charge in [0.25, 0.3) is 0 Å². The molecule has 0 saturated carbocycles. The first kappa shape index (κ1) is 16.4. The van der Waals surface area contributed by atoms with E-state index in [1.165, 1.54) is 13.0 Å². The normalized spacial score (nSPS) is 15.8. The fourth-order valence-corrected chi connectivity index (χ4v) is 1.67. The summed E-state index contributed by atoms with van der Waals surface area (Å²) in [7, 11) is 0. The number of hydrogen-bond donors (Lipinski definition) is 3. The van der Waals surface area contributed by atoms with Crippen LogP contribution in [0.25, 0.3) is 0 Å². The summed E-state index contributed by atoms with van der Waals surface area (Å²) in [4.78, 5) is 3.99. The molecule has 0 saturated heterocycles. The van der Waals surface area contributed by atoms with Crippen molar-refractivity contribution in [2.45, 2.75) is 38.8 Å². The summed E-state index contributed by atoms with van der Waals surface area (Å²) in [6, 6.07) is 3.02. The van der Waals surface area contributed by atoms with Crippen molar-refractivity contribution in [2.24, 2.45) is 10.7 Å². The topological polar surface area (TPSA) is 70.6 Å². The standard InChI is InChI=1S/C14H21F2N3O/c1-13(2,3)19-12(17)18-8-14(4,20)10-6-5-9(15)7-11(10)16/h5-7,20H,8H2,1-4H3,(H3,17,18,19). The number of nitrogens with two attached hydrogens (primary N) is 1. The number of aliphatic imine (C=N–C) groups is 1. The van der Waals surface area contributed by atoms with E-state index in [0.717, 1.165) is 12.1 Å². The first-order chi connectivity index (χ1) is 9.01. The van der Waals surface area contributed by atoms with Gasteiger partial charge in [0, 0.05) is 17.2 Å². The van der Waals surface area contributed by atoms with Crippen LogP contribution >= 0.6 is 0 Å². The minimum atomic E-state index is -1.57. The number of guanidine groups is 1. The lowest BCUT2D eigenvalue weighted by atomic mass is 9.95. The Kier molecular flexibility index (Phi) is 4.70. The molecule has 1 unspecified atom stereocenters. The predicted octanol–water partition coefficient (Wildman–Crippen LogP) is 1.88. The van der Waals surface area contributed by atoms with Crippen molar-refractivity contribution in [1.29, 1.82) is 0 Å². The first-order valence-electron chi connectivity index (χ1n) is 6.27. The van der Waals surface area contributed by atoms with Crippen LogP contribution in [0.4, 0.5) is 8.78 Å². The lowest BCUT2D eigenvalue weighted by molar-refractivity contribution is 0.0632. The van der Waals surface area contributed by atoms with Gasteiger partial charge in [-0.05, 0) is 33.8 Å². The van der Waals surface area contributed by atoms with Gasteiger partial charge in [-0.3, -0.25) is 4.99 Å². The molecule has 0 fully saturated rings. The molecule has 4 N–H and O–H groups in total. The lowest BCUT2D eigenvalue weighted by Gasteiger charge is -2.24. The van der Waals surface area contributed by atoms with Crippen molar-refractivity contribution in [3.05, 3.63) is 35.4 Å². The molecule has 0 aliphatic heterocycles. The maximum atomic E-state index is 13.6. The molecule has 0 heterocycles. The molecule has 0 spiro atoms. The molecule has 0 bridgehead atoms. The van der Waals surface area contributed by atoms with Gasteiger partial charge in [-0.25, -0.2) is 8.78 Å². The second-order valence-electron chi connectivity index (χ2n) is 5.97. The van der Waals surface area contributed by atoms with Crippen LogP contribution in [-0.2, 0) is 5.60 Å². The molecule has 1 rings (SSSR count). The highest BCUT2D eigenvalue weighted by molar-refractivity contribution is 5.78. The minimum Gasteiger partial charge on any atom is -0.383 e. The molecule has 0 aliphatic rings. The van der Waals surface area contributed by atoms with Crippen molar-refractivity contribution in [1.82, 2.24) is 5.32 Å². The van der Waals surface area contributed by atoms with Crippen LogP contribution in [-0.4, -0.2) is 23.1 Å². The van der Waals surface area contributed by atoms with E-state index in [4.69, 9.17) is 5.73 Å². The summed E-state index contributed by atoms with van der Waals surface area (Å²) in [5, 5.41) is 13.2. The Morgan fingerprint density at radius 1 is 1.30 bits per heavy atom. The molecular weight excluding hydrogens is 264 g/mol. The molecule has 1 aromatic carbocycles. The molecule has 112 valence electrons. The number of hydrogen-bond acceptors (Lipinski definition) is 2. The Morgan fingerprint density at radius 3 is 2.40 bits per heavy atom. The third-order valence-corrected chi connectivity index (χ3v) is 2.57. The van der Waals surface area contributed by atoms with Gasteiger partial charge < -0.3 is 16.2 Å². The van der Waals surface area contributed by atoms with Gasteiger partial charge in [-0.2, -0.15) is 0 Å². The van der Waals surface area contributed by atoms with Gasteiger partial charge in [0.05, 0.1) is 6.54 Å². The molecule has 0 aliphatic carbocycles. The van der Waals surface area contributed by atoms with Crippen LogP contribution in [0, 0.1) is 11.6 Å². The van der Waals surface area contributed by atoms with Crippen LogP contribution in [0.15, 0.2) is 23.2 Å². The maximum Gasteiger partial charge on any atom is 0.189 e. The highest BCUT2D eigenvalue weighted by atomic mass is 19.1. The molecule has 20 heavy (non-hydrogen) atoms. The van der Waals surface area contributed by atoms with E-state index in [-0.39, 0.29) is 23.6 Å². The fourth-order valence-electron chi connectivity index (χ4n) is 1.67. The number of nitrogens with one attached hydrogen (secondary N) is 1. The molecule has 6 heteroatoms. The Bertz CT molecular complexity index is 508. The average molecular weight is 285 g/mol. The number of rotatable bonds is 3. The first-order valence-corrected chi connectivity index (χ1v) is 6.27. The number of nitrogens with zero attached hydrogens (tertiary/aromatic N) is 1. The Hall–Kier alpha value is -1.69. The van der Waals surface area contributed by atoms with E-state index < -0.39 is 17.2 Å². The zero-order valence-corrected chi connectivity index (χ0v) is 12.2. The predicted molar refractivity (Wildman–Crippen MR) is 75.3 cm³/mol. The largest absolute Gasteiger partial charge is 0.383 e. The summed E-state index contributed by atoms with van der Waals surface area (Å²) in [6.45, 7) is 7.00. The van der Waals surface area contributed by atoms with Crippen molar-refractivity contribution in [2.75, 3.05) is 6.54 Å². The van der Waals surface area contributed by atoms with E-state index in [2.05, 4.69) is 10.3 Å². The molecular formula is C14H21F2N3O. The molecule has 0 radical (unpaired) electrons. The van der Waals surface area contributed by atoms with Crippen LogP contribution in [0.2, 0.25) is 0 Å². The van der Waals surface area contributed by atoms with Crippen molar-refractivity contribution in [3.8, 4) is 0 Å². The second kappa shape index (κ2) is 5.75. The molecule has 0 amide bonds. The van der Waals surface area contributed by atoms with E-state index in [0.29, 0.717) is 0 Å². The second-order valence-corrected chi connectivity index (χ2v) is 5.97. The Morgan fingerprint density at radius 2 is 1.90 bits per heavy atom. The van der Waals surface area contributed by atoms with Crippen LogP contribution in [0.5, 0.6) is 0 Å². The summed E-state index contributed by atoms with van der Waals surface area (Å²) < 4.78 is 26.5. The third kappa shape index (κ3) is 4.77. The van der Waals surface area contributed by atoms with Gasteiger partial charge in [-0.1, -0.05) is 6.07 Å². The van der Waals surface area contributed by atoms with E-state index >= 15 is 0 Å². The number of halogens is 2. The van der Waals surface area contributed by atoms with Gasteiger partial charge >= 0.3 is 0 Å². The van der Waals surface area contributed by atoms with Crippen LogP contribution in [0.1, 0.15) is 33.3 Å². The van der Waals surface area contributed by atoms with Crippen molar-refractivity contribution >= 4 is 5.96 Å². The Labute approximate surface area is 117 Å². The van der Waals surface area contributed by atoms with Gasteiger partial charge in [0.1, 0.15) is 17.2 Å². The quantitative estimate of drug-likeness (QED) is 0.586. The number of benzene rings is 1. The van der Waals surface area contributed by atoms with Gasteiger partial charge in [-0.15, -0.1) is 0 Å². The molecule has 0 aromatic heterocycles. The van der Waals surface area contributed by atoms with Crippen LogP contribution in [0.3, 0.4) is 0 Å². The smallest absolute Gasteiger partial charge is 0.189 e. The molecule has 1 atom stereocenters.